The highest BCUT2D eigenvalue weighted by atomic mass is 16.5. The molecular formula is C59H67N11O6. The van der Waals surface area contributed by atoms with Crippen LogP contribution in [0.5, 0.6) is 23.3 Å². The first kappa shape index (κ1) is 51.3. The van der Waals surface area contributed by atoms with E-state index in [1.54, 1.807) is 24.2 Å². The molecule has 2 amide bonds. The Labute approximate surface area is 443 Å². The number of anilines is 6. The number of nitrogens with one attached hydrogen (secondary N) is 2. The largest absolute Gasteiger partial charge is 0.508 e. The minimum atomic E-state index is -0.285. The molecule has 0 spiro atoms. The van der Waals surface area contributed by atoms with Crippen LogP contribution in [0.15, 0.2) is 109 Å². The normalized spacial score (nSPS) is 15.8. The third-order valence-electron chi connectivity index (χ3n) is 15.3. The summed E-state index contributed by atoms with van der Waals surface area (Å²) in [4.78, 5) is 44.7. The van der Waals surface area contributed by atoms with E-state index in [0.717, 1.165) is 87.5 Å². The van der Waals surface area contributed by atoms with Crippen LogP contribution in [0.2, 0.25) is 0 Å². The number of amides is 2. The number of fused-ring (bicyclic) bond motifs is 2. The van der Waals surface area contributed by atoms with Gasteiger partial charge in [0.05, 0.1) is 47.0 Å². The summed E-state index contributed by atoms with van der Waals surface area (Å²) in [6.45, 7) is 12.8. The van der Waals surface area contributed by atoms with E-state index in [9.17, 15) is 24.9 Å². The zero-order chi connectivity index (χ0) is 53.2. The van der Waals surface area contributed by atoms with Crippen LogP contribution in [0, 0.1) is 11.8 Å². The first-order valence-corrected chi connectivity index (χ1v) is 26.4. The van der Waals surface area contributed by atoms with E-state index in [2.05, 4.69) is 85.0 Å². The number of carbonyl (C=O) groups is 2. The fraction of sp³-hybridized carbons (Fsp3) is 0.356. The molecule has 2 fully saturated rings. The van der Waals surface area contributed by atoms with E-state index in [4.69, 9.17) is 9.72 Å². The Morgan fingerprint density at radius 3 is 2.20 bits per heavy atom. The van der Waals surface area contributed by atoms with Crippen LogP contribution >= 0.6 is 0 Å². The van der Waals surface area contributed by atoms with Gasteiger partial charge in [0.1, 0.15) is 22.9 Å². The number of phenols is 2. The molecule has 17 heteroatoms. The van der Waals surface area contributed by atoms with Gasteiger partial charge in [-0.25, -0.2) is 9.55 Å². The van der Waals surface area contributed by atoms with Crippen molar-refractivity contribution in [2.24, 2.45) is 11.8 Å². The number of likely N-dealkylation sites (tertiary alicyclic amines) is 1. The van der Waals surface area contributed by atoms with Gasteiger partial charge in [-0.05, 0) is 136 Å². The summed E-state index contributed by atoms with van der Waals surface area (Å²) in [6, 6.07) is 32.9. The number of benzene rings is 5. The molecule has 1 atom stereocenters. The van der Waals surface area contributed by atoms with Gasteiger partial charge in [0.25, 0.3) is 5.91 Å². The Balaban J connectivity index is 0.679. The zero-order valence-corrected chi connectivity index (χ0v) is 44.1. The lowest BCUT2D eigenvalue weighted by atomic mass is 9.90. The Kier molecular flexibility index (Phi) is 14.8. The van der Waals surface area contributed by atoms with Crippen molar-refractivity contribution in [3.63, 3.8) is 0 Å². The van der Waals surface area contributed by atoms with Crippen LogP contribution in [0.3, 0.4) is 0 Å². The second kappa shape index (κ2) is 22.0. The number of nitrogens with zero attached hydrogens (tertiary/aromatic N) is 9. The average molecular weight is 1030 g/mol. The first-order chi connectivity index (χ1) is 36.7. The molecule has 5 N–H and O–H groups in total. The lowest BCUT2D eigenvalue weighted by Gasteiger charge is -2.34. The number of aromatic nitrogens is 5. The standard InChI is InChI=1S/C59H67N11O6/c1-7-76-53-31-44(20-21-48(53)62-58-60-34-50-55(63-58)66(5)49-11-9-8-10-45(49)57(74)67(50)6)69-28-24-42(25-29-69)56(73)61-37(4)41-16-12-40(13-17-41)35-68-26-22-39(23-27-68)30-38-14-18-43(19-15-38)70-54(64-65-59(70)75)47-32-46(36(2)3)51(71)33-52(47)72/h8-21,31-34,36-37,39,42,71-72H,7,22-30,35H2,1-6H3,(H,61,73)(H,65,75)(H,60,62,63). The molecule has 3 aliphatic heterocycles. The highest BCUT2D eigenvalue weighted by Crippen LogP contribution is 2.41. The predicted octanol–water partition coefficient (Wildman–Crippen LogP) is 10.0. The third kappa shape index (κ3) is 10.7. The number of para-hydroxylation sites is 1. The summed E-state index contributed by atoms with van der Waals surface area (Å²) in [7, 11) is 3.63. The molecule has 394 valence electrons. The third-order valence-corrected chi connectivity index (χ3v) is 15.3. The molecule has 0 bridgehead atoms. The molecule has 2 saturated heterocycles. The summed E-state index contributed by atoms with van der Waals surface area (Å²) in [5, 5.41) is 46.5. The fourth-order valence-corrected chi connectivity index (χ4v) is 10.8. The van der Waals surface area contributed by atoms with Crippen LogP contribution in [-0.2, 0) is 17.8 Å². The van der Waals surface area contributed by atoms with Gasteiger partial charge in [0.2, 0.25) is 11.9 Å². The molecule has 0 aliphatic carbocycles. The van der Waals surface area contributed by atoms with Crippen molar-refractivity contribution >= 4 is 46.3 Å². The highest BCUT2D eigenvalue weighted by molar-refractivity contribution is 6.13. The maximum atomic E-state index is 13.6. The monoisotopic (exact) mass is 1030 g/mol. The lowest BCUT2D eigenvalue weighted by Crippen LogP contribution is -2.41. The number of carbonyl (C=O) groups excluding carboxylic acids is 2. The number of rotatable bonds is 15. The van der Waals surface area contributed by atoms with Crippen LogP contribution in [-0.4, -0.2) is 104 Å². The minimum Gasteiger partial charge on any atom is -0.508 e. The molecule has 2 aromatic heterocycles. The van der Waals surface area contributed by atoms with E-state index in [0.29, 0.717) is 58.1 Å². The van der Waals surface area contributed by atoms with Gasteiger partial charge in [0.15, 0.2) is 11.6 Å². The maximum Gasteiger partial charge on any atom is 0.319 e. The summed E-state index contributed by atoms with van der Waals surface area (Å²) < 4.78 is 7.63. The Morgan fingerprint density at radius 2 is 1.47 bits per heavy atom. The van der Waals surface area contributed by atoms with Gasteiger partial charge in [-0.3, -0.25) is 14.5 Å². The molecule has 1 unspecified atom stereocenters. The minimum absolute atomic E-state index is 0.00854. The fourth-order valence-electron chi connectivity index (χ4n) is 10.8. The molecule has 3 aliphatic rings. The summed E-state index contributed by atoms with van der Waals surface area (Å²) in [5.74, 6) is 2.27. The Hall–Kier alpha value is -8.18. The van der Waals surface area contributed by atoms with Gasteiger partial charge in [0, 0.05) is 57.5 Å². The number of aromatic hydroxyl groups is 3. The van der Waals surface area contributed by atoms with Gasteiger partial charge in [-0.2, -0.15) is 4.98 Å². The first-order valence-electron chi connectivity index (χ1n) is 26.4. The van der Waals surface area contributed by atoms with Crippen LogP contribution in [0.4, 0.5) is 34.5 Å². The van der Waals surface area contributed by atoms with Gasteiger partial charge >= 0.3 is 6.01 Å². The Bertz CT molecular complexity index is 3220. The van der Waals surface area contributed by atoms with Crippen molar-refractivity contribution in [2.75, 3.05) is 66.9 Å². The second-order valence-electron chi connectivity index (χ2n) is 20.6. The number of hydrogen-bond acceptors (Lipinski definition) is 14. The predicted molar refractivity (Wildman–Crippen MR) is 296 cm³/mol. The van der Waals surface area contributed by atoms with E-state index < -0.39 is 0 Å². The quantitative estimate of drug-likeness (QED) is 0.0650. The summed E-state index contributed by atoms with van der Waals surface area (Å²) in [5.41, 5.74) is 8.99. The van der Waals surface area contributed by atoms with Crippen molar-refractivity contribution in [2.45, 2.75) is 78.3 Å². The molecule has 0 radical (unpaired) electrons. The number of hydrogen-bond donors (Lipinski definition) is 5. The van der Waals surface area contributed by atoms with Gasteiger partial charge < -0.3 is 45.4 Å². The SMILES string of the molecule is CCOc1cc(N2CCC(C(=O)NC(C)c3ccc(CN4CCC(Cc5ccc(-n6c(O)nnc6-c6cc(C(C)C)c(O)cc6O)cc5)CC4)cc3)CC2)ccc1Nc1ncc2c(n1)N(C)c1ccccc1C(=O)N2C. The smallest absolute Gasteiger partial charge is 0.319 e. The lowest BCUT2D eigenvalue weighted by molar-refractivity contribution is -0.126. The molecule has 17 nitrogen and oxygen atoms in total. The van der Waals surface area contributed by atoms with E-state index in [1.807, 2.05) is 81.2 Å². The van der Waals surface area contributed by atoms with E-state index in [-0.39, 0.29) is 53.0 Å². The molecule has 5 aromatic carbocycles. The summed E-state index contributed by atoms with van der Waals surface area (Å²) in [6.07, 6.45) is 6.30. The average Bonchev–Trinajstić information content (AvgIpc) is 3.80. The molecule has 5 heterocycles. The Morgan fingerprint density at radius 1 is 0.763 bits per heavy atom. The van der Waals surface area contributed by atoms with Crippen LogP contribution in [0.25, 0.3) is 17.1 Å². The van der Waals surface area contributed by atoms with E-state index >= 15 is 0 Å². The van der Waals surface area contributed by atoms with Crippen LogP contribution < -0.4 is 30.1 Å². The molecule has 76 heavy (non-hydrogen) atoms. The van der Waals surface area contributed by atoms with Crippen molar-refractivity contribution in [3.8, 4) is 40.3 Å². The van der Waals surface area contributed by atoms with Crippen LogP contribution in [0.1, 0.15) is 97.9 Å². The molecular weight excluding hydrogens is 959 g/mol. The van der Waals surface area contributed by atoms with Crippen molar-refractivity contribution in [1.82, 2.24) is 34.9 Å². The zero-order valence-electron chi connectivity index (χ0n) is 44.1. The number of ether oxygens (including phenoxy) is 1. The van der Waals surface area contributed by atoms with E-state index in [1.165, 1.54) is 21.8 Å². The molecule has 7 aromatic rings. The summed E-state index contributed by atoms with van der Waals surface area (Å²) >= 11 is 0. The van der Waals surface area contributed by atoms with Crippen molar-refractivity contribution in [3.05, 3.63) is 137 Å². The molecule has 0 saturated carbocycles. The van der Waals surface area contributed by atoms with Gasteiger partial charge in [-0.1, -0.05) is 67.5 Å². The van der Waals surface area contributed by atoms with Crippen molar-refractivity contribution < 1.29 is 29.6 Å². The van der Waals surface area contributed by atoms with Crippen molar-refractivity contribution in [1.29, 1.82) is 0 Å². The number of piperidine rings is 2. The maximum absolute atomic E-state index is 13.6. The highest BCUT2D eigenvalue weighted by Gasteiger charge is 2.31. The molecule has 10 rings (SSSR count). The number of phenolic OH excluding ortho intramolecular Hbond substituents is 2. The second-order valence-corrected chi connectivity index (χ2v) is 20.6. The van der Waals surface area contributed by atoms with Gasteiger partial charge in [-0.15, -0.1) is 5.10 Å². The topological polar surface area (TPSA) is 198 Å².